The number of hydrogen-bond acceptors (Lipinski definition) is 3. The molecule has 2 aromatic rings. The lowest BCUT2D eigenvalue weighted by molar-refractivity contribution is -0.122. The van der Waals surface area contributed by atoms with Gasteiger partial charge in [-0.15, -0.1) is 0 Å². The predicted molar refractivity (Wildman–Crippen MR) is 93.2 cm³/mol. The van der Waals surface area contributed by atoms with Crippen LogP contribution in [0, 0.1) is 11.6 Å². The topological polar surface area (TPSA) is 41.6 Å². The molecule has 1 unspecified atom stereocenters. The predicted octanol–water partition coefficient (Wildman–Crippen LogP) is 3.60. The third-order valence-corrected chi connectivity index (χ3v) is 4.40. The molecule has 1 aliphatic heterocycles. The first-order chi connectivity index (χ1) is 12.5. The number of benzene rings is 2. The van der Waals surface area contributed by atoms with E-state index in [4.69, 9.17) is 17.0 Å². The van der Waals surface area contributed by atoms with E-state index >= 15 is 0 Å². The van der Waals surface area contributed by atoms with Crippen LogP contribution in [-0.2, 0) is 11.5 Å². The number of hydrazine groups is 1. The molecule has 0 radical (unpaired) electrons. The van der Waals surface area contributed by atoms with Gasteiger partial charge in [0.15, 0.2) is 0 Å². The van der Waals surface area contributed by atoms with E-state index in [1.54, 1.807) is 18.2 Å². The quantitative estimate of drug-likeness (QED) is 0.489. The number of thiocarbonyl (C=S) groups is 1. The van der Waals surface area contributed by atoms with Gasteiger partial charge in [0.05, 0.1) is 12.6 Å². The first kappa shape index (κ1) is 18.2. The van der Waals surface area contributed by atoms with E-state index in [9.17, 15) is 18.0 Å². The molecule has 3 rings (SSSR count). The van der Waals surface area contributed by atoms with E-state index in [1.165, 1.54) is 0 Å². The largest absolute Gasteiger partial charge is 0.493 e. The summed E-state index contributed by atoms with van der Waals surface area (Å²) in [5.41, 5.74) is 3.55. The fourth-order valence-electron chi connectivity index (χ4n) is 2.82. The second kappa shape index (κ2) is 7.74. The summed E-state index contributed by atoms with van der Waals surface area (Å²) >= 11 is 5.12. The van der Waals surface area contributed by atoms with E-state index in [1.807, 2.05) is 0 Å². The molecule has 0 spiro atoms. The summed E-state index contributed by atoms with van der Waals surface area (Å²) in [4.78, 5) is 11.5. The van der Waals surface area contributed by atoms with Gasteiger partial charge in [-0.2, -0.15) is 0 Å². The number of fused-ring (bicyclic) bond motifs is 1. The number of halogens is 3. The van der Waals surface area contributed by atoms with Crippen LogP contribution in [0.4, 0.5) is 13.2 Å². The summed E-state index contributed by atoms with van der Waals surface area (Å²) < 4.78 is 45.8. The summed E-state index contributed by atoms with van der Waals surface area (Å²) in [5.74, 6) is -0.816. The van der Waals surface area contributed by atoms with Crippen LogP contribution in [0.2, 0.25) is 0 Å². The van der Waals surface area contributed by atoms with Crippen molar-refractivity contribution in [2.75, 3.05) is 6.61 Å². The number of nitrogens with zero attached hydrogens (tertiary/aromatic N) is 1. The standard InChI is InChI=1S/C18H15F3N2O2S/c19-9-11-1-4-17-14(7-11)16(5-6-25-17)23(10-24)22-18(26)13-8-12(20)2-3-15(13)21/h1-4,7-8,10,16H,5-6,9H2,(H,22,26). The van der Waals surface area contributed by atoms with Crippen LogP contribution in [0.5, 0.6) is 5.75 Å². The minimum atomic E-state index is -0.707. The van der Waals surface area contributed by atoms with Gasteiger partial charge in [0.25, 0.3) is 0 Å². The van der Waals surface area contributed by atoms with Gasteiger partial charge in [-0.1, -0.05) is 18.3 Å². The normalized spacial score (nSPS) is 15.6. The molecule has 4 nitrogen and oxygen atoms in total. The van der Waals surface area contributed by atoms with Gasteiger partial charge < -0.3 is 4.74 Å². The second-order valence-electron chi connectivity index (χ2n) is 5.74. The van der Waals surface area contributed by atoms with Gasteiger partial charge in [0, 0.05) is 17.5 Å². The summed E-state index contributed by atoms with van der Waals surface area (Å²) in [5, 5.41) is 1.16. The number of nitrogens with one attached hydrogen (secondary N) is 1. The molecule has 0 aliphatic carbocycles. The lowest BCUT2D eigenvalue weighted by atomic mass is 9.98. The van der Waals surface area contributed by atoms with Crippen molar-refractivity contribution in [3.8, 4) is 5.75 Å². The highest BCUT2D eigenvalue weighted by molar-refractivity contribution is 7.80. The number of hydrogen-bond donors (Lipinski definition) is 1. The van der Waals surface area contributed by atoms with Crippen molar-refractivity contribution in [3.63, 3.8) is 0 Å². The first-order valence-electron chi connectivity index (χ1n) is 7.84. The molecule has 2 aromatic carbocycles. The number of carbonyl (C=O) groups excluding carboxylic acids is 1. The van der Waals surface area contributed by atoms with Crippen LogP contribution in [0.1, 0.15) is 29.2 Å². The Labute approximate surface area is 153 Å². The highest BCUT2D eigenvalue weighted by atomic mass is 32.1. The first-order valence-corrected chi connectivity index (χ1v) is 8.25. The molecular formula is C18H15F3N2O2S. The lowest BCUT2D eigenvalue weighted by Gasteiger charge is -2.34. The molecule has 1 amide bonds. The van der Waals surface area contributed by atoms with Gasteiger partial charge in [0.2, 0.25) is 6.41 Å². The fourth-order valence-corrected chi connectivity index (χ4v) is 3.09. The third-order valence-electron chi connectivity index (χ3n) is 4.09. The Morgan fingerprint density at radius 2 is 2.12 bits per heavy atom. The van der Waals surface area contributed by atoms with E-state index in [2.05, 4.69) is 5.43 Å². The molecule has 1 N–H and O–H groups in total. The molecule has 1 atom stereocenters. The Balaban J connectivity index is 1.87. The molecule has 0 aromatic heterocycles. The van der Waals surface area contributed by atoms with Gasteiger partial charge in [0.1, 0.15) is 29.0 Å². The molecule has 0 saturated carbocycles. The van der Waals surface area contributed by atoms with E-state index in [0.717, 1.165) is 23.2 Å². The summed E-state index contributed by atoms with van der Waals surface area (Å²) in [6.45, 7) is -0.304. The Morgan fingerprint density at radius 3 is 2.85 bits per heavy atom. The molecule has 0 saturated heterocycles. The smallest absolute Gasteiger partial charge is 0.228 e. The number of rotatable bonds is 5. The molecule has 1 aliphatic rings. The minimum Gasteiger partial charge on any atom is -0.493 e. The molecule has 0 bridgehead atoms. The Hall–Kier alpha value is -2.61. The van der Waals surface area contributed by atoms with Gasteiger partial charge in [-0.05, 0) is 35.9 Å². The van der Waals surface area contributed by atoms with Crippen LogP contribution in [0.15, 0.2) is 36.4 Å². The van der Waals surface area contributed by atoms with E-state index < -0.39 is 24.4 Å². The van der Waals surface area contributed by atoms with Gasteiger partial charge in [-0.25, -0.2) is 13.2 Å². The zero-order valence-electron chi connectivity index (χ0n) is 13.5. The van der Waals surface area contributed by atoms with Crippen molar-refractivity contribution in [1.29, 1.82) is 0 Å². The van der Waals surface area contributed by atoms with Gasteiger partial charge in [-0.3, -0.25) is 15.2 Å². The summed E-state index contributed by atoms with van der Waals surface area (Å²) in [7, 11) is 0. The van der Waals surface area contributed by atoms with E-state index in [0.29, 0.717) is 36.3 Å². The third kappa shape index (κ3) is 3.65. The maximum absolute atomic E-state index is 13.9. The Bertz CT molecular complexity index is 847. The van der Waals surface area contributed by atoms with Crippen molar-refractivity contribution in [2.24, 2.45) is 0 Å². The highest BCUT2D eigenvalue weighted by Gasteiger charge is 2.28. The molecule has 136 valence electrons. The fraction of sp³-hybridized carbons (Fsp3) is 0.222. The highest BCUT2D eigenvalue weighted by Crippen LogP contribution is 2.35. The maximum atomic E-state index is 13.9. The summed E-state index contributed by atoms with van der Waals surface area (Å²) in [6.07, 6.45) is 0.939. The summed E-state index contributed by atoms with van der Waals surface area (Å²) in [6, 6.07) is 7.26. The van der Waals surface area contributed by atoms with Gasteiger partial charge >= 0.3 is 0 Å². The van der Waals surface area contributed by atoms with Crippen molar-refractivity contribution in [2.45, 2.75) is 19.1 Å². The van der Waals surface area contributed by atoms with Crippen LogP contribution in [0.25, 0.3) is 0 Å². The van der Waals surface area contributed by atoms with Crippen molar-refractivity contribution < 1.29 is 22.7 Å². The van der Waals surface area contributed by atoms with Crippen LogP contribution in [0.3, 0.4) is 0 Å². The average molecular weight is 380 g/mol. The molecule has 8 heteroatoms. The number of ether oxygens (including phenoxy) is 1. The SMILES string of the molecule is O=CN(NC(=S)c1cc(F)ccc1F)C1CCOc2ccc(CF)cc21. The lowest BCUT2D eigenvalue weighted by Crippen LogP contribution is -2.45. The van der Waals surface area contributed by atoms with Crippen molar-refractivity contribution in [1.82, 2.24) is 10.4 Å². The zero-order valence-corrected chi connectivity index (χ0v) is 14.4. The van der Waals surface area contributed by atoms with Crippen molar-refractivity contribution >= 4 is 23.6 Å². The zero-order chi connectivity index (χ0) is 18.7. The maximum Gasteiger partial charge on any atom is 0.228 e. The molecule has 1 heterocycles. The Morgan fingerprint density at radius 1 is 1.31 bits per heavy atom. The second-order valence-corrected chi connectivity index (χ2v) is 6.14. The molecular weight excluding hydrogens is 365 g/mol. The van der Waals surface area contributed by atoms with Crippen LogP contribution in [-0.4, -0.2) is 23.0 Å². The van der Waals surface area contributed by atoms with Crippen molar-refractivity contribution in [3.05, 3.63) is 64.7 Å². The Kier molecular flexibility index (Phi) is 5.41. The number of alkyl halides is 1. The molecule has 0 fully saturated rings. The number of carbonyl (C=O) groups is 1. The molecule has 26 heavy (non-hydrogen) atoms. The van der Waals surface area contributed by atoms with Crippen LogP contribution < -0.4 is 10.2 Å². The monoisotopic (exact) mass is 380 g/mol. The van der Waals surface area contributed by atoms with E-state index in [-0.39, 0.29) is 10.6 Å². The minimum absolute atomic E-state index is 0.135. The number of amides is 1. The average Bonchev–Trinajstić information content (AvgIpc) is 2.67. The van der Waals surface area contributed by atoms with Crippen LogP contribution >= 0.6 is 12.2 Å².